The van der Waals surface area contributed by atoms with E-state index in [1.165, 1.54) is 6.92 Å². The molecule has 0 N–H and O–H groups in total. The summed E-state index contributed by atoms with van der Waals surface area (Å²) in [6, 6.07) is 0. The van der Waals surface area contributed by atoms with E-state index in [0.717, 1.165) is 0 Å². The number of carbonyl (C=O) groups excluding carboxylic acids is 2. The lowest BCUT2D eigenvalue weighted by atomic mass is 10.2. The molecule has 88 valence electrons. The maximum absolute atomic E-state index is 11.1. The number of rotatable bonds is 7. The van der Waals surface area contributed by atoms with Crippen LogP contribution >= 0.6 is 0 Å². The Kier molecular flexibility index (Phi) is 6.55. The molecule has 16 heavy (non-hydrogen) atoms. The van der Waals surface area contributed by atoms with Crippen LogP contribution in [0.1, 0.15) is 19.8 Å². The summed E-state index contributed by atoms with van der Waals surface area (Å²) < 4.78 is 0. The van der Waals surface area contributed by atoms with Crippen molar-refractivity contribution in [2.45, 2.75) is 19.8 Å². The van der Waals surface area contributed by atoms with Crippen molar-refractivity contribution >= 4 is 11.9 Å². The molecule has 0 amide bonds. The van der Waals surface area contributed by atoms with Crippen molar-refractivity contribution in [3.63, 3.8) is 0 Å². The van der Waals surface area contributed by atoms with Crippen LogP contribution in [0.25, 0.3) is 0 Å². The average molecular weight is 226 g/mol. The first-order valence-corrected chi connectivity index (χ1v) is 4.53. The normalized spacial score (nSPS) is 9.06. The van der Waals surface area contributed by atoms with Gasteiger partial charge in [0, 0.05) is 16.2 Å². The highest BCUT2D eigenvalue weighted by molar-refractivity contribution is 5.87. The highest BCUT2D eigenvalue weighted by Crippen LogP contribution is 2.05. The second-order valence-corrected chi connectivity index (χ2v) is 3.02. The molecule has 0 aliphatic carbocycles. The summed E-state index contributed by atoms with van der Waals surface area (Å²) in [6.45, 7) is 11.7. The molecule has 0 saturated heterocycles. The zero-order valence-corrected chi connectivity index (χ0v) is 9.15. The lowest BCUT2D eigenvalue weighted by molar-refractivity contribution is -0.456. The summed E-state index contributed by atoms with van der Waals surface area (Å²) in [4.78, 5) is 30.1. The van der Waals surface area contributed by atoms with Crippen molar-refractivity contribution in [3.8, 4) is 0 Å². The van der Waals surface area contributed by atoms with Gasteiger partial charge in [-0.3, -0.25) is 9.78 Å². The number of allylic oxidation sites excluding steroid dienone is 1. The Hall–Kier alpha value is -1.88. The van der Waals surface area contributed by atoms with E-state index in [2.05, 4.69) is 34.6 Å². The maximum atomic E-state index is 11.1. The molecule has 5 nitrogen and oxygen atoms in total. The summed E-state index contributed by atoms with van der Waals surface area (Å²) >= 11 is 0. The van der Waals surface area contributed by atoms with Crippen molar-refractivity contribution in [2.24, 2.45) is 0 Å². The molecular weight excluding hydrogens is 212 g/mol. The lowest BCUT2D eigenvalue weighted by Crippen LogP contribution is -2.12. The molecule has 0 unspecified atom stereocenters. The Morgan fingerprint density at radius 2 is 1.75 bits per heavy atom. The zero-order chi connectivity index (χ0) is 12.6. The molecule has 0 aromatic heterocycles. The van der Waals surface area contributed by atoms with E-state index in [9.17, 15) is 9.59 Å². The van der Waals surface area contributed by atoms with E-state index in [1.807, 2.05) is 0 Å². The van der Waals surface area contributed by atoms with E-state index in [4.69, 9.17) is 0 Å². The molecule has 0 rings (SSSR count). The first-order chi connectivity index (χ1) is 7.49. The Labute approximate surface area is 93.8 Å². The van der Waals surface area contributed by atoms with Gasteiger partial charge in [0.2, 0.25) is 0 Å². The van der Waals surface area contributed by atoms with Crippen molar-refractivity contribution in [3.05, 3.63) is 37.0 Å². The zero-order valence-electron chi connectivity index (χ0n) is 9.15. The first kappa shape index (κ1) is 14.1. The van der Waals surface area contributed by atoms with Gasteiger partial charge in [0.05, 0.1) is 0 Å². The SMILES string of the molecule is C=CCCC(=C)C(=O)OOOC(=O)C(=C)C. The largest absolute Gasteiger partial charge is 0.372 e. The van der Waals surface area contributed by atoms with Gasteiger partial charge >= 0.3 is 11.9 Å². The van der Waals surface area contributed by atoms with Crippen LogP contribution in [-0.4, -0.2) is 11.9 Å². The van der Waals surface area contributed by atoms with Gasteiger partial charge in [0.15, 0.2) is 0 Å². The molecule has 0 aliphatic rings. The first-order valence-electron chi connectivity index (χ1n) is 4.53. The van der Waals surface area contributed by atoms with Gasteiger partial charge < -0.3 is 0 Å². The minimum atomic E-state index is -0.815. The van der Waals surface area contributed by atoms with Gasteiger partial charge in [-0.05, 0) is 19.8 Å². The van der Waals surface area contributed by atoms with Crippen molar-refractivity contribution < 1.29 is 24.4 Å². The molecule has 0 atom stereocenters. The van der Waals surface area contributed by atoms with E-state index in [-0.39, 0.29) is 11.1 Å². The summed E-state index contributed by atoms with van der Waals surface area (Å²) in [5.74, 6) is -1.61. The number of hydrogen-bond donors (Lipinski definition) is 0. The molecule has 0 aromatic carbocycles. The second kappa shape index (κ2) is 7.42. The van der Waals surface area contributed by atoms with Crippen molar-refractivity contribution in [1.82, 2.24) is 0 Å². The van der Waals surface area contributed by atoms with Gasteiger partial charge in [-0.2, -0.15) is 0 Å². The maximum Gasteiger partial charge on any atom is 0.372 e. The Morgan fingerprint density at radius 1 is 1.19 bits per heavy atom. The molecule has 0 radical (unpaired) electrons. The van der Waals surface area contributed by atoms with Crippen molar-refractivity contribution in [2.75, 3.05) is 0 Å². The molecule has 0 bridgehead atoms. The molecule has 0 spiro atoms. The lowest BCUT2D eigenvalue weighted by Gasteiger charge is -2.03. The van der Waals surface area contributed by atoms with Gasteiger partial charge in [-0.25, -0.2) is 9.59 Å². The number of hydrogen-bond acceptors (Lipinski definition) is 5. The van der Waals surface area contributed by atoms with Crippen LogP contribution in [0.2, 0.25) is 0 Å². The summed E-state index contributed by atoms with van der Waals surface area (Å²) in [7, 11) is 0. The van der Waals surface area contributed by atoms with E-state index in [1.54, 1.807) is 6.08 Å². The topological polar surface area (TPSA) is 61.8 Å². The molecule has 0 heterocycles. The Bertz CT molecular complexity index is 316. The minimum Gasteiger partial charge on any atom is -0.254 e. The smallest absolute Gasteiger partial charge is 0.254 e. The van der Waals surface area contributed by atoms with Gasteiger partial charge in [0.1, 0.15) is 0 Å². The van der Waals surface area contributed by atoms with Crippen LogP contribution < -0.4 is 0 Å². The summed E-state index contributed by atoms with van der Waals surface area (Å²) in [6.07, 6.45) is 2.64. The third-order valence-corrected chi connectivity index (χ3v) is 1.51. The van der Waals surface area contributed by atoms with Crippen LogP contribution in [0.15, 0.2) is 37.0 Å². The van der Waals surface area contributed by atoms with Gasteiger partial charge in [-0.15, -0.1) is 6.58 Å². The van der Waals surface area contributed by atoms with Crippen LogP contribution in [0.4, 0.5) is 0 Å². The van der Waals surface area contributed by atoms with E-state index >= 15 is 0 Å². The predicted molar refractivity (Wildman–Crippen MR) is 56.7 cm³/mol. The van der Waals surface area contributed by atoms with Gasteiger partial charge in [0.25, 0.3) is 0 Å². The van der Waals surface area contributed by atoms with Crippen molar-refractivity contribution in [1.29, 1.82) is 0 Å². The fourth-order valence-electron chi connectivity index (χ4n) is 0.587. The molecule has 0 aliphatic heterocycles. The Balaban J connectivity index is 3.81. The summed E-state index contributed by atoms with van der Waals surface area (Å²) in [5.41, 5.74) is 0.327. The predicted octanol–water partition coefficient (Wildman–Crippen LogP) is 2.02. The molecular formula is C11H14O5. The van der Waals surface area contributed by atoms with Crippen LogP contribution in [-0.2, 0) is 24.4 Å². The molecule has 0 aromatic rings. The highest BCUT2D eigenvalue weighted by Gasteiger charge is 2.11. The molecule has 5 heteroatoms. The fourth-order valence-corrected chi connectivity index (χ4v) is 0.587. The second-order valence-electron chi connectivity index (χ2n) is 3.02. The van der Waals surface area contributed by atoms with Crippen LogP contribution in [0.3, 0.4) is 0 Å². The standard InChI is InChI=1S/C11H14O5/c1-5-6-7-9(4)11(13)15-16-14-10(12)8(2)3/h5H,1-2,4,6-7H2,3H3. The molecule has 0 saturated carbocycles. The highest BCUT2D eigenvalue weighted by atomic mass is 17.5. The van der Waals surface area contributed by atoms with E-state index in [0.29, 0.717) is 12.8 Å². The third kappa shape index (κ3) is 5.77. The van der Waals surface area contributed by atoms with Crippen LogP contribution in [0.5, 0.6) is 0 Å². The molecule has 0 fully saturated rings. The van der Waals surface area contributed by atoms with E-state index < -0.39 is 11.9 Å². The quantitative estimate of drug-likeness (QED) is 0.287. The monoisotopic (exact) mass is 226 g/mol. The van der Waals surface area contributed by atoms with Gasteiger partial charge in [-0.1, -0.05) is 19.2 Å². The Morgan fingerprint density at radius 3 is 2.25 bits per heavy atom. The fraction of sp³-hybridized carbons (Fsp3) is 0.273. The average Bonchev–Trinajstić information content (AvgIpc) is 2.25. The summed E-state index contributed by atoms with van der Waals surface area (Å²) in [5, 5.41) is 3.97. The minimum absolute atomic E-state index is 0.126. The third-order valence-electron chi connectivity index (χ3n) is 1.51. The number of carbonyl (C=O) groups is 2. The van der Waals surface area contributed by atoms with Crippen LogP contribution in [0, 0.1) is 0 Å².